The van der Waals surface area contributed by atoms with Gasteiger partial charge in [-0.25, -0.2) is 0 Å². The monoisotopic (exact) mass is 411 g/mol. The van der Waals surface area contributed by atoms with E-state index in [1.165, 1.54) is 0 Å². The van der Waals surface area contributed by atoms with Crippen LogP contribution in [0.15, 0.2) is 59.6 Å². The molecule has 0 saturated heterocycles. The summed E-state index contributed by atoms with van der Waals surface area (Å²) >= 11 is 6.01. The number of benzene rings is 2. The Kier molecular flexibility index (Phi) is 6.67. The maximum atomic E-state index is 12.6. The van der Waals surface area contributed by atoms with Crippen LogP contribution in [0.4, 0.5) is 0 Å². The van der Waals surface area contributed by atoms with Gasteiger partial charge in [-0.3, -0.25) is 4.79 Å². The van der Waals surface area contributed by atoms with Gasteiger partial charge in [-0.1, -0.05) is 52.7 Å². The van der Waals surface area contributed by atoms with Gasteiger partial charge in [0.25, 0.3) is 5.91 Å². The summed E-state index contributed by atoms with van der Waals surface area (Å²) in [4.78, 5) is 18.6. The summed E-state index contributed by atoms with van der Waals surface area (Å²) in [5.41, 5.74) is 2.89. The highest BCUT2D eigenvalue weighted by Gasteiger charge is 2.18. The fourth-order valence-electron chi connectivity index (χ4n) is 2.66. The van der Waals surface area contributed by atoms with Gasteiger partial charge in [0.1, 0.15) is 12.3 Å². The normalized spacial score (nSPS) is 10.6. The van der Waals surface area contributed by atoms with Crippen molar-refractivity contribution in [1.82, 2.24) is 15.0 Å². The average Bonchev–Trinajstić information content (AvgIpc) is 3.17. The summed E-state index contributed by atoms with van der Waals surface area (Å²) < 4.78 is 10.9. The lowest BCUT2D eigenvalue weighted by molar-refractivity contribution is -0.133. The fraction of sp³-hybridized carbons (Fsp3) is 0.227. The smallest absolute Gasteiger partial charge is 0.261 e. The highest BCUT2D eigenvalue weighted by Crippen LogP contribution is 2.21. The molecule has 0 radical (unpaired) electrons. The standard InChI is InChI=1S/C22H22ClN3O3/c1-4-11-26(21(27)14-28-18-9-10-19(23)16(3)12-18)13-20-24-22(25-29-20)17-7-5-15(2)6-8-17/h4-10,12H,1,11,13-14H2,2-3H3. The highest BCUT2D eigenvalue weighted by molar-refractivity contribution is 6.31. The second-order valence-electron chi connectivity index (χ2n) is 6.64. The van der Waals surface area contributed by atoms with E-state index in [0.717, 1.165) is 16.7 Å². The van der Waals surface area contributed by atoms with E-state index in [1.807, 2.05) is 38.1 Å². The van der Waals surface area contributed by atoms with Crippen molar-refractivity contribution in [3.05, 3.63) is 77.2 Å². The van der Waals surface area contributed by atoms with Gasteiger partial charge in [0, 0.05) is 17.1 Å². The number of hydrogen-bond donors (Lipinski definition) is 0. The van der Waals surface area contributed by atoms with Crippen LogP contribution in [0.2, 0.25) is 5.02 Å². The van der Waals surface area contributed by atoms with E-state index in [0.29, 0.717) is 29.0 Å². The lowest BCUT2D eigenvalue weighted by Gasteiger charge is -2.19. The number of nitrogens with zero attached hydrogens (tertiary/aromatic N) is 3. The molecule has 2 aromatic carbocycles. The Morgan fingerprint density at radius 2 is 2.00 bits per heavy atom. The van der Waals surface area contributed by atoms with Crippen molar-refractivity contribution in [2.75, 3.05) is 13.2 Å². The third-order valence-corrected chi connectivity index (χ3v) is 4.72. The minimum Gasteiger partial charge on any atom is -0.484 e. The molecule has 0 spiro atoms. The summed E-state index contributed by atoms with van der Waals surface area (Å²) in [5.74, 6) is 1.20. The molecule has 0 unspecified atom stereocenters. The minimum atomic E-state index is -0.215. The molecule has 3 rings (SSSR count). The number of rotatable bonds is 8. The SMILES string of the molecule is C=CCN(Cc1nc(-c2ccc(C)cc2)no1)C(=O)COc1ccc(Cl)c(C)c1. The molecule has 150 valence electrons. The van der Waals surface area contributed by atoms with E-state index in [-0.39, 0.29) is 19.1 Å². The fourth-order valence-corrected chi connectivity index (χ4v) is 2.77. The second-order valence-corrected chi connectivity index (χ2v) is 7.05. The van der Waals surface area contributed by atoms with Crippen LogP contribution in [0.1, 0.15) is 17.0 Å². The van der Waals surface area contributed by atoms with E-state index in [2.05, 4.69) is 16.7 Å². The van der Waals surface area contributed by atoms with Crippen LogP contribution in [0, 0.1) is 13.8 Å². The molecule has 7 heteroatoms. The summed E-state index contributed by atoms with van der Waals surface area (Å²) in [7, 11) is 0. The molecular weight excluding hydrogens is 390 g/mol. The molecule has 0 aliphatic heterocycles. The molecular formula is C22H22ClN3O3. The Hall–Kier alpha value is -3.12. The lowest BCUT2D eigenvalue weighted by atomic mass is 10.1. The molecule has 6 nitrogen and oxygen atoms in total. The molecule has 0 atom stereocenters. The second kappa shape index (κ2) is 9.39. The third kappa shape index (κ3) is 5.45. The van der Waals surface area contributed by atoms with Gasteiger partial charge in [0.2, 0.25) is 11.7 Å². The zero-order valence-electron chi connectivity index (χ0n) is 16.4. The van der Waals surface area contributed by atoms with Crippen molar-refractivity contribution in [2.24, 2.45) is 0 Å². The van der Waals surface area contributed by atoms with E-state index in [1.54, 1.807) is 29.2 Å². The lowest BCUT2D eigenvalue weighted by Crippen LogP contribution is -2.34. The number of ether oxygens (including phenoxy) is 1. The molecule has 3 aromatic rings. The number of aryl methyl sites for hydroxylation is 2. The first-order chi connectivity index (χ1) is 14.0. The van der Waals surface area contributed by atoms with Gasteiger partial charge in [-0.2, -0.15) is 4.98 Å². The van der Waals surface area contributed by atoms with Gasteiger partial charge in [0.05, 0.1) is 0 Å². The summed E-state index contributed by atoms with van der Waals surface area (Å²) in [6.07, 6.45) is 1.64. The molecule has 0 aliphatic carbocycles. The van der Waals surface area contributed by atoms with Gasteiger partial charge in [0.15, 0.2) is 6.61 Å². The van der Waals surface area contributed by atoms with E-state index < -0.39 is 0 Å². The molecule has 0 bridgehead atoms. The molecule has 1 heterocycles. The Balaban J connectivity index is 1.64. The Bertz CT molecular complexity index is 999. The van der Waals surface area contributed by atoms with Gasteiger partial charge in [-0.15, -0.1) is 6.58 Å². The molecule has 29 heavy (non-hydrogen) atoms. The summed E-state index contributed by atoms with van der Waals surface area (Å²) in [6.45, 7) is 7.99. The van der Waals surface area contributed by atoms with Crippen LogP contribution in [0.5, 0.6) is 5.75 Å². The predicted molar refractivity (Wildman–Crippen MR) is 112 cm³/mol. The topological polar surface area (TPSA) is 68.5 Å². The molecule has 0 saturated carbocycles. The Labute approximate surface area is 174 Å². The Morgan fingerprint density at radius 1 is 1.24 bits per heavy atom. The van der Waals surface area contributed by atoms with Crippen molar-refractivity contribution in [1.29, 1.82) is 0 Å². The van der Waals surface area contributed by atoms with Crippen molar-refractivity contribution in [3.63, 3.8) is 0 Å². The zero-order chi connectivity index (χ0) is 20.8. The average molecular weight is 412 g/mol. The number of aromatic nitrogens is 2. The first-order valence-corrected chi connectivity index (χ1v) is 9.51. The van der Waals surface area contributed by atoms with Gasteiger partial charge in [-0.05, 0) is 37.6 Å². The summed E-state index contributed by atoms with van der Waals surface area (Å²) in [5, 5.41) is 4.66. The van der Waals surface area contributed by atoms with Crippen molar-refractivity contribution in [3.8, 4) is 17.1 Å². The minimum absolute atomic E-state index is 0.117. The number of hydrogen-bond acceptors (Lipinski definition) is 5. The molecule has 1 aromatic heterocycles. The van der Waals surface area contributed by atoms with Crippen LogP contribution in [0.3, 0.4) is 0 Å². The number of carbonyl (C=O) groups excluding carboxylic acids is 1. The summed E-state index contributed by atoms with van der Waals surface area (Å²) in [6, 6.07) is 13.1. The van der Waals surface area contributed by atoms with Crippen LogP contribution in [-0.2, 0) is 11.3 Å². The van der Waals surface area contributed by atoms with Gasteiger partial charge >= 0.3 is 0 Å². The molecule has 0 fully saturated rings. The maximum absolute atomic E-state index is 12.6. The molecule has 0 aliphatic rings. The van der Waals surface area contributed by atoms with Crippen LogP contribution >= 0.6 is 11.6 Å². The largest absolute Gasteiger partial charge is 0.484 e. The quantitative estimate of drug-likeness (QED) is 0.506. The predicted octanol–water partition coefficient (Wildman–Crippen LogP) is 4.60. The van der Waals surface area contributed by atoms with Gasteiger partial charge < -0.3 is 14.2 Å². The van der Waals surface area contributed by atoms with Crippen LogP contribution in [-0.4, -0.2) is 34.1 Å². The van der Waals surface area contributed by atoms with E-state index >= 15 is 0 Å². The van der Waals surface area contributed by atoms with Crippen molar-refractivity contribution >= 4 is 17.5 Å². The van der Waals surface area contributed by atoms with E-state index in [9.17, 15) is 4.79 Å². The van der Waals surface area contributed by atoms with Crippen LogP contribution in [0.25, 0.3) is 11.4 Å². The number of amides is 1. The molecule has 1 amide bonds. The van der Waals surface area contributed by atoms with Crippen molar-refractivity contribution < 1.29 is 14.1 Å². The van der Waals surface area contributed by atoms with Crippen LogP contribution < -0.4 is 4.74 Å². The maximum Gasteiger partial charge on any atom is 0.261 e. The molecule has 0 N–H and O–H groups in total. The highest BCUT2D eigenvalue weighted by atomic mass is 35.5. The first kappa shape index (κ1) is 20.6. The first-order valence-electron chi connectivity index (χ1n) is 9.13. The van der Waals surface area contributed by atoms with E-state index in [4.69, 9.17) is 20.9 Å². The van der Waals surface area contributed by atoms with Crippen molar-refractivity contribution in [2.45, 2.75) is 20.4 Å². The third-order valence-electron chi connectivity index (χ3n) is 4.30. The zero-order valence-corrected chi connectivity index (χ0v) is 17.1. The Morgan fingerprint density at radius 3 is 2.69 bits per heavy atom. The number of carbonyl (C=O) groups is 1. The number of halogens is 1.